The summed E-state index contributed by atoms with van der Waals surface area (Å²) >= 11 is 0. The van der Waals surface area contributed by atoms with Gasteiger partial charge in [0, 0.05) is 6.54 Å². The van der Waals surface area contributed by atoms with E-state index in [2.05, 4.69) is 0 Å². The predicted octanol–water partition coefficient (Wildman–Crippen LogP) is -0.607. The Morgan fingerprint density at radius 2 is 2.08 bits per heavy atom. The number of hydrogen-bond acceptors (Lipinski definition) is 4. The first-order valence-corrected chi connectivity index (χ1v) is 4.22. The van der Waals surface area contributed by atoms with Crippen LogP contribution in [0.25, 0.3) is 0 Å². The molecule has 4 heteroatoms. The fourth-order valence-corrected chi connectivity index (χ4v) is 0.895. The second-order valence-electron chi connectivity index (χ2n) is 3.04. The van der Waals surface area contributed by atoms with Crippen LogP contribution in [0.2, 0.25) is 0 Å². The van der Waals surface area contributed by atoms with Gasteiger partial charge in [-0.2, -0.15) is 0 Å². The van der Waals surface area contributed by atoms with Crippen molar-refractivity contribution in [3.05, 3.63) is 0 Å². The molecule has 72 valence electrons. The number of carbonyl (C=O) groups excluding carboxylic acids is 1. The Morgan fingerprint density at radius 3 is 2.50 bits per heavy atom. The molecule has 0 bridgehead atoms. The minimum absolute atomic E-state index is 0.00256. The average molecular weight is 174 g/mol. The van der Waals surface area contributed by atoms with Gasteiger partial charge in [-0.1, -0.05) is 0 Å². The lowest BCUT2D eigenvalue weighted by molar-refractivity contribution is -0.118. The van der Waals surface area contributed by atoms with Gasteiger partial charge in [-0.15, -0.1) is 0 Å². The largest absolute Gasteiger partial charge is 0.392 e. The molecule has 0 fully saturated rings. The number of carbonyl (C=O) groups is 1. The highest BCUT2D eigenvalue weighted by molar-refractivity contribution is 5.80. The summed E-state index contributed by atoms with van der Waals surface area (Å²) in [5.41, 5.74) is 10.7. The van der Waals surface area contributed by atoms with Crippen LogP contribution < -0.4 is 11.5 Å². The van der Waals surface area contributed by atoms with Crippen molar-refractivity contribution in [3.63, 3.8) is 0 Å². The van der Waals surface area contributed by atoms with Crippen molar-refractivity contribution in [1.29, 1.82) is 0 Å². The Kier molecular flexibility index (Phi) is 5.88. The first kappa shape index (κ1) is 11.6. The zero-order valence-corrected chi connectivity index (χ0v) is 7.49. The molecule has 0 radical (unpaired) electrons. The summed E-state index contributed by atoms with van der Waals surface area (Å²) in [6, 6.07) is -0.380. The normalized spacial score (nSPS) is 15.7. The van der Waals surface area contributed by atoms with E-state index in [-0.39, 0.29) is 18.4 Å². The minimum atomic E-state index is -0.454. The van der Waals surface area contributed by atoms with Gasteiger partial charge in [-0.05, 0) is 26.2 Å². The summed E-state index contributed by atoms with van der Waals surface area (Å²) < 4.78 is 0. The summed E-state index contributed by atoms with van der Waals surface area (Å²) in [4.78, 5) is 10.7. The van der Waals surface area contributed by atoms with E-state index in [9.17, 15) is 4.79 Å². The molecule has 0 unspecified atom stereocenters. The van der Waals surface area contributed by atoms with Crippen molar-refractivity contribution < 1.29 is 9.90 Å². The molecule has 4 nitrogen and oxygen atoms in total. The van der Waals surface area contributed by atoms with Gasteiger partial charge < -0.3 is 16.6 Å². The van der Waals surface area contributed by atoms with E-state index in [0.717, 1.165) is 6.42 Å². The lowest BCUT2D eigenvalue weighted by Crippen LogP contribution is -2.28. The van der Waals surface area contributed by atoms with Crippen LogP contribution in [0.3, 0.4) is 0 Å². The molecule has 2 atom stereocenters. The van der Waals surface area contributed by atoms with Crippen LogP contribution in [0.4, 0.5) is 0 Å². The van der Waals surface area contributed by atoms with Gasteiger partial charge in [0.15, 0.2) is 0 Å². The molecule has 0 rings (SSSR count). The lowest BCUT2D eigenvalue weighted by atomic mass is 10.1. The van der Waals surface area contributed by atoms with Crippen LogP contribution >= 0.6 is 0 Å². The molecule has 0 aromatic rings. The van der Waals surface area contributed by atoms with Gasteiger partial charge in [-0.3, -0.25) is 4.79 Å². The summed E-state index contributed by atoms with van der Waals surface area (Å²) in [6.45, 7) is 1.75. The van der Waals surface area contributed by atoms with Crippen molar-refractivity contribution in [2.75, 3.05) is 6.54 Å². The van der Waals surface area contributed by atoms with E-state index >= 15 is 0 Å². The zero-order valence-electron chi connectivity index (χ0n) is 7.49. The molecule has 0 aromatic heterocycles. The number of aliphatic hydroxyl groups is 1. The van der Waals surface area contributed by atoms with Crippen LogP contribution in [0.15, 0.2) is 0 Å². The first-order chi connectivity index (χ1) is 5.57. The second-order valence-corrected chi connectivity index (χ2v) is 3.04. The highest BCUT2D eigenvalue weighted by Crippen LogP contribution is 2.02. The molecule has 0 aromatic carbocycles. The maximum atomic E-state index is 10.7. The highest BCUT2D eigenvalue weighted by atomic mass is 16.3. The van der Waals surface area contributed by atoms with Crippen molar-refractivity contribution in [3.8, 4) is 0 Å². The maximum Gasteiger partial charge on any atom is 0.146 e. The lowest BCUT2D eigenvalue weighted by Gasteiger charge is -2.09. The third kappa shape index (κ3) is 5.23. The summed E-state index contributed by atoms with van der Waals surface area (Å²) in [5, 5.41) is 9.06. The number of ketones is 1. The van der Waals surface area contributed by atoms with E-state index in [1.807, 2.05) is 0 Å². The summed E-state index contributed by atoms with van der Waals surface area (Å²) in [7, 11) is 0. The second kappa shape index (κ2) is 6.11. The SMILES string of the molecule is CC(=O)[C@H](N)CCC[C@@H](O)CN. The number of rotatable bonds is 6. The maximum absolute atomic E-state index is 10.7. The molecule has 0 heterocycles. The van der Waals surface area contributed by atoms with Crippen LogP contribution in [0, 0.1) is 0 Å². The molecule has 0 aliphatic rings. The summed E-state index contributed by atoms with van der Waals surface area (Å²) in [5.74, 6) is -0.00256. The number of nitrogens with two attached hydrogens (primary N) is 2. The van der Waals surface area contributed by atoms with Gasteiger partial charge in [0.2, 0.25) is 0 Å². The van der Waals surface area contributed by atoms with Gasteiger partial charge in [-0.25, -0.2) is 0 Å². The third-order valence-corrected chi connectivity index (χ3v) is 1.85. The fourth-order valence-electron chi connectivity index (χ4n) is 0.895. The van der Waals surface area contributed by atoms with Gasteiger partial charge >= 0.3 is 0 Å². The Bertz CT molecular complexity index is 139. The van der Waals surface area contributed by atoms with Gasteiger partial charge in [0.25, 0.3) is 0 Å². The molecule has 0 amide bonds. The number of aliphatic hydroxyl groups excluding tert-OH is 1. The highest BCUT2D eigenvalue weighted by Gasteiger charge is 2.08. The van der Waals surface area contributed by atoms with Crippen molar-refractivity contribution >= 4 is 5.78 Å². The Hall–Kier alpha value is -0.450. The Labute approximate surface area is 72.9 Å². The van der Waals surface area contributed by atoms with E-state index in [4.69, 9.17) is 16.6 Å². The van der Waals surface area contributed by atoms with E-state index < -0.39 is 6.10 Å². The quantitative estimate of drug-likeness (QED) is 0.501. The third-order valence-electron chi connectivity index (χ3n) is 1.85. The smallest absolute Gasteiger partial charge is 0.146 e. The zero-order chi connectivity index (χ0) is 9.56. The molecular weight excluding hydrogens is 156 g/mol. The molecule has 0 saturated carbocycles. The Balaban J connectivity index is 3.37. The topological polar surface area (TPSA) is 89.3 Å². The van der Waals surface area contributed by atoms with Gasteiger partial charge in [0.05, 0.1) is 12.1 Å². The monoisotopic (exact) mass is 174 g/mol. The van der Waals surface area contributed by atoms with E-state index in [1.54, 1.807) is 0 Å². The van der Waals surface area contributed by atoms with Crippen molar-refractivity contribution in [2.24, 2.45) is 11.5 Å². The molecule has 0 aliphatic heterocycles. The molecule has 0 saturated heterocycles. The van der Waals surface area contributed by atoms with Crippen molar-refractivity contribution in [1.82, 2.24) is 0 Å². The molecule has 0 spiro atoms. The summed E-state index contributed by atoms with van der Waals surface area (Å²) in [6.07, 6.45) is 1.55. The van der Waals surface area contributed by atoms with Crippen LogP contribution in [-0.4, -0.2) is 29.6 Å². The molecule has 5 N–H and O–H groups in total. The van der Waals surface area contributed by atoms with Crippen LogP contribution in [0.5, 0.6) is 0 Å². The fraction of sp³-hybridized carbons (Fsp3) is 0.875. The molecule has 0 aliphatic carbocycles. The van der Waals surface area contributed by atoms with E-state index in [0.29, 0.717) is 12.8 Å². The number of hydrogen-bond donors (Lipinski definition) is 3. The minimum Gasteiger partial charge on any atom is -0.392 e. The molecule has 12 heavy (non-hydrogen) atoms. The standard InChI is InChI=1S/C8H18N2O2/c1-6(11)8(10)4-2-3-7(12)5-9/h7-8,12H,2-5,9-10H2,1H3/t7-,8-/m1/s1. The van der Waals surface area contributed by atoms with Gasteiger partial charge in [0.1, 0.15) is 5.78 Å². The van der Waals surface area contributed by atoms with Crippen LogP contribution in [-0.2, 0) is 4.79 Å². The Morgan fingerprint density at radius 1 is 1.50 bits per heavy atom. The van der Waals surface area contributed by atoms with Crippen LogP contribution in [0.1, 0.15) is 26.2 Å². The van der Waals surface area contributed by atoms with E-state index in [1.165, 1.54) is 6.92 Å². The average Bonchev–Trinajstić information content (AvgIpc) is 2.03. The molecular formula is C8H18N2O2. The van der Waals surface area contributed by atoms with Crippen molar-refractivity contribution in [2.45, 2.75) is 38.3 Å². The number of Topliss-reactive ketones (excluding diaryl/α,β-unsaturated/α-hetero) is 1. The predicted molar refractivity (Wildman–Crippen MR) is 47.6 cm³/mol. The first-order valence-electron chi connectivity index (χ1n) is 4.22.